The number of amides is 3. The van der Waals surface area contributed by atoms with E-state index < -0.39 is 40.6 Å². The molecule has 1 saturated heterocycles. The lowest BCUT2D eigenvalue weighted by atomic mass is 10.0. The number of benzene rings is 3. The highest BCUT2D eigenvalue weighted by Gasteiger charge is 2.41. The summed E-state index contributed by atoms with van der Waals surface area (Å²) in [5, 5.41) is 14.5. The molecule has 1 atom stereocenters. The Morgan fingerprint density at radius 1 is 0.978 bits per heavy atom. The molecule has 1 fully saturated rings. The summed E-state index contributed by atoms with van der Waals surface area (Å²) in [6, 6.07) is 19.1. The lowest BCUT2D eigenvalue weighted by Gasteiger charge is -2.39. The molecule has 0 aliphatic carbocycles. The first-order valence-electron chi connectivity index (χ1n) is 15.0. The monoisotopic (exact) mass is 636 g/mol. The molecule has 0 radical (unpaired) electrons. The molecular weight excluding hydrogens is 596 g/mol. The zero-order chi connectivity index (χ0) is 32.6. The summed E-state index contributed by atoms with van der Waals surface area (Å²) >= 11 is 0. The third-order valence-electron chi connectivity index (χ3n) is 7.55. The number of anilines is 1. The van der Waals surface area contributed by atoms with Crippen molar-refractivity contribution in [3.05, 3.63) is 89.5 Å². The number of rotatable bonds is 12. The Morgan fingerprint density at radius 3 is 2.31 bits per heavy atom. The zero-order valence-electron chi connectivity index (χ0n) is 25.7. The molecule has 3 aromatic carbocycles. The fourth-order valence-electron chi connectivity index (χ4n) is 5.04. The second-order valence-electron chi connectivity index (χ2n) is 11.2. The third kappa shape index (κ3) is 8.83. The number of carboxylic acids is 1. The Hall–Kier alpha value is -4.42. The number of carboxylic acid groups (broad SMARTS) is 1. The minimum Gasteiger partial charge on any atom is -0.482 e. The number of ether oxygens (including phenoxy) is 1. The first-order valence-corrected chi connectivity index (χ1v) is 16.4. The first-order chi connectivity index (χ1) is 21.5. The molecule has 0 unspecified atom stereocenters. The predicted octanol–water partition coefficient (Wildman–Crippen LogP) is 4.45. The summed E-state index contributed by atoms with van der Waals surface area (Å²) in [4.78, 5) is 39.2. The molecule has 0 saturated carbocycles. The zero-order valence-corrected chi connectivity index (χ0v) is 26.5. The summed E-state index contributed by atoms with van der Waals surface area (Å²) in [5.74, 6) is -1.03. The second-order valence-corrected chi connectivity index (χ2v) is 13.1. The Kier molecular flexibility index (Phi) is 11.2. The first kappa shape index (κ1) is 33.5. The van der Waals surface area contributed by atoms with E-state index in [-0.39, 0.29) is 36.8 Å². The molecule has 3 aromatic rings. The van der Waals surface area contributed by atoms with Crippen molar-refractivity contribution in [3.63, 3.8) is 0 Å². The number of aliphatic carboxylic acids is 1. The van der Waals surface area contributed by atoms with E-state index in [1.165, 1.54) is 20.8 Å². The molecule has 1 heterocycles. The number of aryl methyl sites for hydroxylation is 1. The average molecular weight is 637 g/mol. The van der Waals surface area contributed by atoms with Gasteiger partial charge in [-0.3, -0.25) is 4.79 Å². The maximum atomic E-state index is 13.8. The molecule has 12 heteroatoms. The van der Waals surface area contributed by atoms with Gasteiger partial charge in [0.05, 0.1) is 4.90 Å². The van der Waals surface area contributed by atoms with Gasteiger partial charge in [-0.1, -0.05) is 69.7 Å². The van der Waals surface area contributed by atoms with E-state index in [1.807, 2.05) is 31.2 Å². The number of hydrogen-bond acceptors (Lipinski definition) is 6. The summed E-state index contributed by atoms with van der Waals surface area (Å²) in [7, 11) is -4.06. The van der Waals surface area contributed by atoms with E-state index in [4.69, 9.17) is 9.84 Å². The van der Waals surface area contributed by atoms with Crippen LogP contribution >= 0.6 is 0 Å². The van der Waals surface area contributed by atoms with Crippen LogP contribution in [0.5, 0.6) is 5.75 Å². The standard InChI is InChI=1S/C33H40N4O7S/c1-4-6-24-11-15-29(16-12-24)45(42,43)37-18-17-36(33(41)35-27-7-5-8-28(19-27)44-22-31(38)39)21-30(37)32(40)34-20-25-9-13-26(14-10-25)23(2)3/h5,7-16,19,23,30H,4,6,17-18,20-22H2,1-3H3,(H,34,40)(H,35,41)(H,38,39)/t30-/m1/s1. The fraction of sp³-hybridized carbons (Fsp3) is 0.364. The van der Waals surface area contributed by atoms with E-state index in [0.29, 0.717) is 11.6 Å². The Labute approximate surface area is 264 Å². The molecule has 11 nitrogen and oxygen atoms in total. The number of nitrogens with zero attached hydrogens (tertiary/aromatic N) is 2. The number of carbonyl (C=O) groups excluding carboxylic acids is 2. The molecule has 240 valence electrons. The SMILES string of the molecule is CCCc1ccc(S(=O)(=O)N2CCN(C(=O)Nc3cccc(OCC(=O)O)c3)C[C@@H]2C(=O)NCc2ccc(C(C)C)cc2)cc1. The van der Waals surface area contributed by atoms with Gasteiger partial charge >= 0.3 is 12.0 Å². The number of carbonyl (C=O) groups is 3. The van der Waals surface area contributed by atoms with Crippen LogP contribution in [0.1, 0.15) is 49.8 Å². The normalized spacial score (nSPS) is 15.5. The molecule has 3 amide bonds. The Balaban J connectivity index is 1.53. The summed E-state index contributed by atoms with van der Waals surface area (Å²) in [5.41, 5.74) is 3.41. The molecule has 0 aromatic heterocycles. The second kappa shape index (κ2) is 15.0. The van der Waals surface area contributed by atoms with Crippen molar-refractivity contribution in [2.24, 2.45) is 0 Å². The fourth-order valence-corrected chi connectivity index (χ4v) is 6.61. The minimum absolute atomic E-state index is 0.0502. The topological polar surface area (TPSA) is 145 Å². The third-order valence-corrected chi connectivity index (χ3v) is 9.47. The predicted molar refractivity (Wildman–Crippen MR) is 171 cm³/mol. The lowest BCUT2D eigenvalue weighted by molar-refractivity contribution is -0.139. The van der Waals surface area contributed by atoms with Crippen LogP contribution in [0.15, 0.2) is 77.7 Å². The quantitative estimate of drug-likeness (QED) is 0.266. The maximum Gasteiger partial charge on any atom is 0.341 e. The van der Waals surface area contributed by atoms with E-state index in [2.05, 4.69) is 24.5 Å². The Bertz CT molecular complexity index is 1590. The molecule has 4 rings (SSSR count). The van der Waals surface area contributed by atoms with E-state index in [1.54, 1.807) is 42.5 Å². The molecule has 45 heavy (non-hydrogen) atoms. The van der Waals surface area contributed by atoms with Crippen LogP contribution in [0.3, 0.4) is 0 Å². The van der Waals surface area contributed by atoms with Crippen molar-refractivity contribution in [1.29, 1.82) is 0 Å². The number of nitrogens with one attached hydrogen (secondary N) is 2. The molecule has 0 spiro atoms. The number of hydrogen-bond donors (Lipinski definition) is 3. The highest BCUT2D eigenvalue weighted by atomic mass is 32.2. The van der Waals surface area contributed by atoms with Gasteiger partial charge in [-0.2, -0.15) is 4.31 Å². The average Bonchev–Trinajstić information content (AvgIpc) is 3.03. The molecular formula is C33H40N4O7S. The lowest BCUT2D eigenvalue weighted by Crippen LogP contribution is -2.61. The van der Waals surface area contributed by atoms with Crippen molar-refractivity contribution in [3.8, 4) is 5.75 Å². The van der Waals surface area contributed by atoms with Gasteiger partial charge < -0.3 is 25.4 Å². The van der Waals surface area contributed by atoms with E-state index in [9.17, 15) is 22.8 Å². The minimum atomic E-state index is -4.06. The summed E-state index contributed by atoms with van der Waals surface area (Å²) < 4.78 is 34.0. The van der Waals surface area contributed by atoms with Crippen molar-refractivity contribution in [2.45, 2.75) is 57.0 Å². The van der Waals surface area contributed by atoms with Crippen molar-refractivity contribution >= 4 is 33.6 Å². The van der Waals surface area contributed by atoms with Gasteiger partial charge in [0.1, 0.15) is 11.8 Å². The van der Waals surface area contributed by atoms with Crippen LogP contribution in [0.2, 0.25) is 0 Å². The highest BCUT2D eigenvalue weighted by Crippen LogP contribution is 2.24. The van der Waals surface area contributed by atoms with Crippen LogP contribution in [0.4, 0.5) is 10.5 Å². The van der Waals surface area contributed by atoms with Gasteiger partial charge in [-0.05, 0) is 53.3 Å². The molecule has 1 aliphatic heterocycles. The van der Waals surface area contributed by atoms with Crippen molar-refractivity contribution in [1.82, 2.24) is 14.5 Å². The van der Waals surface area contributed by atoms with Gasteiger partial charge in [-0.15, -0.1) is 0 Å². The molecule has 0 bridgehead atoms. The van der Waals surface area contributed by atoms with Crippen molar-refractivity contribution < 1.29 is 32.6 Å². The van der Waals surface area contributed by atoms with Crippen LogP contribution in [-0.4, -0.2) is 72.9 Å². The van der Waals surface area contributed by atoms with Crippen LogP contribution in [0, 0.1) is 0 Å². The summed E-state index contributed by atoms with van der Waals surface area (Å²) in [6.45, 7) is 5.69. The van der Waals surface area contributed by atoms with Crippen LogP contribution in [-0.2, 0) is 32.6 Å². The number of urea groups is 1. The Morgan fingerprint density at radius 2 is 1.67 bits per heavy atom. The molecule has 3 N–H and O–H groups in total. The van der Waals surface area contributed by atoms with Gasteiger partial charge in [0.25, 0.3) is 0 Å². The summed E-state index contributed by atoms with van der Waals surface area (Å²) in [6.07, 6.45) is 1.75. The largest absolute Gasteiger partial charge is 0.482 e. The van der Waals surface area contributed by atoms with E-state index >= 15 is 0 Å². The van der Waals surface area contributed by atoms with Crippen LogP contribution in [0.25, 0.3) is 0 Å². The van der Waals surface area contributed by atoms with Crippen molar-refractivity contribution in [2.75, 3.05) is 31.6 Å². The highest BCUT2D eigenvalue weighted by molar-refractivity contribution is 7.89. The molecule has 1 aliphatic rings. The van der Waals surface area contributed by atoms with Gasteiger partial charge in [-0.25, -0.2) is 18.0 Å². The smallest absolute Gasteiger partial charge is 0.341 e. The van der Waals surface area contributed by atoms with Crippen LogP contribution < -0.4 is 15.4 Å². The maximum absolute atomic E-state index is 13.8. The number of sulfonamides is 1. The van der Waals surface area contributed by atoms with Gasteiger partial charge in [0.2, 0.25) is 15.9 Å². The number of piperazine rings is 1. The van der Waals surface area contributed by atoms with E-state index in [0.717, 1.165) is 24.0 Å². The van der Waals surface area contributed by atoms with Gasteiger partial charge in [0, 0.05) is 37.9 Å². The van der Waals surface area contributed by atoms with Gasteiger partial charge in [0.15, 0.2) is 6.61 Å².